The van der Waals surface area contributed by atoms with Crippen LogP contribution in [0, 0.1) is 0 Å². The summed E-state index contributed by atoms with van der Waals surface area (Å²) in [7, 11) is 0. The lowest BCUT2D eigenvalue weighted by Crippen LogP contribution is -2.56. The average molecular weight is 290 g/mol. The van der Waals surface area contributed by atoms with E-state index in [2.05, 4.69) is 5.32 Å². The maximum atomic E-state index is 12.3. The molecule has 1 spiro atoms. The lowest BCUT2D eigenvalue weighted by Gasteiger charge is -2.43. The van der Waals surface area contributed by atoms with Crippen LogP contribution in [0.2, 0.25) is 0 Å². The van der Waals surface area contributed by atoms with Crippen LogP contribution in [0.15, 0.2) is 24.3 Å². The second kappa shape index (κ2) is 5.37. The first-order valence-corrected chi connectivity index (χ1v) is 7.14. The predicted octanol–water partition coefficient (Wildman–Crippen LogP) is 1.85. The monoisotopic (exact) mass is 290 g/mol. The van der Waals surface area contributed by atoms with Gasteiger partial charge in [-0.1, -0.05) is 6.07 Å². The van der Waals surface area contributed by atoms with Crippen LogP contribution < -0.4 is 10.2 Å². The Balaban J connectivity index is 1.77. The minimum Gasteiger partial charge on any atom is -0.478 e. The molecule has 3 rings (SSSR count). The number of amides is 1. The minimum atomic E-state index is -1.00. The molecule has 0 aromatic heterocycles. The number of ether oxygens (including phenoxy) is 1. The van der Waals surface area contributed by atoms with Gasteiger partial charge < -0.3 is 15.2 Å². The summed E-state index contributed by atoms with van der Waals surface area (Å²) in [5.74, 6) is -1.00. The van der Waals surface area contributed by atoms with Crippen molar-refractivity contribution < 1.29 is 19.4 Å². The van der Waals surface area contributed by atoms with Gasteiger partial charge in [0, 0.05) is 25.2 Å². The predicted molar refractivity (Wildman–Crippen MR) is 76.7 cm³/mol. The quantitative estimate of drug-likeness (QED) is 0.869. The fraction of sp³-hybridized carbons (Fsp3) is 0.467. The molecule has 2 fully saturated rings. The van der Waals surface area contributed by atoms with Crippen LogP contribution in [0.5, 0.6) is 0 Å². The summed E-state index contributed by atoms with van der Waals surface area (Å²) < 4.78 is 5.66. The van der Waals surface area contributed by atoms with Gasteiger partial charge in [0.1, 0.15) is 5.60 Å². The van der Waals surface area contributed by atoms with Gasteiger partial charge >= 0.3 is 12.1 Å². The van der Waals surface area contributed by atoms with E-state index in [1.54, 1.807) is 12.1 Å². The first kappa shape index (κ1) is 13.9. The highest BCUT2D eigenvalue weighted by atomic mass is 16.6. The molecule has 2 aliphatic rings. The Morgan fingerprint density at radius 1 is 1.38 bits per heavy atom. The molecule has 0 saturated carbocycles. The molecule has 1 aromatic rings. The Morgan fingerprint density at radius 3 is 2.90 bits per heavy atom. The van der Waals surface area contributed by atoms with Gasteiger partial charge in [-0.2, -0.15) is 0 Å². The minimum absolute atomic E-state index is 0.167. The van der Waals surface area contributed by atoms with E-state index >= 15 is 0 Å². The largest absolute Gasteiger partial charge is 0.478 e. The first-order valence-electron chi connectivity index (χ1n) is 7.14. The highest BCUT2D eigenvalue weighted by molar-refractivity contribution is 5.93. The van der Waals surface area contributed by atoms with E-state index in [4.69, 9.17) is 9.84 Å². The van der Waals surface area contributed by atoms with Gasteiger partial charge in [-0.15, -0.1) is 0 Å². The molecule has 21 heavy (non-hydrogen) atoms. The van der Waals surface area contributed by atoms with Crippen LogP contribution in [0.3, 0.4) is 0 Å². The Bertz CT molecular complexity index is 567. The maximum absolute atomic E-state index is 12.3. The van der Waals surface area contributed by atoms with Crippen LogP contribution in [-0.2, 0) is 4.74 Å². The van der Waals surface area contributed by atoms with Gasteiger partial charge in [0.2, 0.25) is 0 Å². The molecular formula is C15H18N2O4. The van der Waals surface area contributed by atoms with Gasteiger partial charge in [0.05, 0.1) is 5.56 Å². The van der Waals surface area contributed by atoms with Crippen LogP contribution in [0.25, 0.3) is 0 Å². The fourth-order valence-corrected chi connectivity index (χ4v) is 2.98. The Kier molecular flexibility index (Phi) is 3.55. The molecule has 2 N–H and O–H groups in total. The SMILES string of the molecule is O=C(O)c1cccc(N2CCC3(CCCNC3)OC2=O)c1. The number of piperidine rings is 1. The van der Waals surface area contributed by atoms with Crippen molar-refractivity contribution in [2.24, 2.45) is 0 Å². The Hall–Kier alpha value is -2.08. The fourth-order valence-electron chi connectivity index (χ4n) is 2.98. The third-order valence-corrected chi connectivity index (χ3v) is 4.15. The second-order valence-electron chi connectivity index (χ2n) is 5.59. The molecule has 0 bridgehead atoms. The molecule has 2 saturated heterocycles. The summed E-state index contributed by atoms with van der Waals surface area (Å²) in [5, 5.41) is 12.3. The van der Waals surface area contributed by atoms with Crippen molar-refractivity contribution in [1.29, 1.82) is 0 Å². The number of hydrogen-bond donors (Lipinski definition) is 2. The third kappa shape index (κ3) is 2.71. The van der Waals surface area contributed by atoms with Crippen molar-refractivity contribution >= 4 is 17.7 Å². The molecule has 1 unspecified atom stereocenters. The molecule has 0 aliphatic carbocycles. The number of carbonyl (C=O) groups excluding carboxylic acids is 1. The molecular weight excluding hydrogens is 272 g/mol. The van der Waals surface area contributed by atoms with E-state index < -0.39 is 17.7 Å². The number of hydrogen-bond acceptors (Lipinski definition) is 4. The Labute approximate surface area is 122 Å². The van der Waals surface area contributed by atoms with Crippen molar-refractivity contribution in [2.45, 2.75) is 24.9 Å². The number of aromatic carboxylic acids is 1. The summed E-state index contributed by atoms with van der Waals surface area (Å²) in [4.78, 5) is 24.8. The number of carbonyl (C=O) groups is 2. The Morgan fingerprint density at radius 2 is 2.24 bits per heavy atom. The number of carboxylic acids is 1. The van der Waals surface area contributed by atoms with E-state index in [-0.39, 0.29) is 5.56 Å². The summed E-state index contributed by atoms with van der Waals surface area (Å²) in [6, 6.07) is 6.37. The summed E-state index contributed by atoms with van der Waals surface area (Å²) in [5.41, 5.74) is 0.342. The standard InChI is InChI=1S/C15H18N2O4/c18-13(19)11-3-1-4-12(9-11)17-8-6-15(21-14(17)20)5-2-7-16-10-15/h1,3-4,9,16H,2,5-8,10H2,(H,18,19). The van der Waals surface area contributed by atoms with E-state index in [0.717, 1.165) is 25.8 Å². The lowest BCUT2D eigenvalue weighted by atomic mass is 9.89. The lowest BCUT2D eigenvalue weighted by molar-refractivity contribution is -0.0211. The highest BCUT2D eigenvalue weighted by Crippen LogP contribution is 2.32. The smallest absolute Gasteiger partial charge is 0.414 e. The van der Waals surface area contributed by atoms with Crippen molar-refractivity contribution in [3.8, 4) is 0 Å². The number of nitrogens with zero attached hydrogens (tertiary/aromatic N) is 1. The maximum Gasteiger partial charge on any atom is 0.414 e. The van der Waals surface area contributed by atoms with Crippen LogP contribution in [0.1, 0.15) is 29.6 Å². The number of rotatable bonds is 2. The van der Waals surface area contributed by atoms with E-state index in [0.29, 0.717) is 18.8 Å². The average Bonchev–Trinajstić information content (AvgIpc) is 2.48. The van der Waals surface area contributed by atoms with Gasteiger partial charge in [-0.05, 0) is 37.6 Å². The van der Waals surface area contributed by atoms with E-state index in [1.165, 1.54) is 17.0 Å². The first-order chi connectivity index (χ1) is 10.1. The number of benzene rings is 1. The molecule has 0 radical (unpaired) electrons. The molecule has 2 heterocycles. The van der Waals surface area contributed by atoms with Crippen molar-refractivity contribution in [3.63, 3.8) is 0 Å². The molecule has 1 aromatic carbocycles. The summed E-state index contributed by atoms with van der Waals surface area (Å²) >= 11 is 0. The molecule has 2 aliphatic heterocycles. The normalized spacial score (nSPS) is 25.7. The van der Waals surface area contributed by atoms with Crippen molar-refractivity contribution in [3.05, 3.63) is 29.8 Å². The van der Waals surface area contributed by atoms with Gasteiger partial charge in [-0.25, -0.2) is 9.59 Å². The summed E-state index contributed by atoms with van der Waals surface area (Å²) in [6.45, 7) is 2.20. The molecule has 112 valence electrons. The molecule has 6 nitrogen and oxygen atoms in total. The van der Waals surface area contributed by atoms with Gasteiger partial charge in [0.25, 0.3) is 0 Å². The zero-order valence-corrected chi connectivity index (χ0v) is 11.7. The summed E-state index contributed by atoms with van der Waals surface area (Å²) in [6.07, 6.45) is 2.24. The van der Waals surface area contributed by atoms with E-state index in [9.17, 15) is 9.59 Å². The van der Waals surface area contributed by atoms with Gasteiger partial charge in [-0.3, -0.25) is 4.90 Å². The van der Waals surface area contributed by atoms with Crippen molar-refractivity contribution in [1.82, 2.24) is 5.32 Å². The number of carboxylic acid groups (broad SMARTS) is 1. The van der Waals surface area contributed by atoms with Crippen LogP contribution in [-0.4, -0.2) is 42.4 Å². The van der Waals surface area contributed by atoms with Crippen molar-refractivity contribution in [2.75, 3.05) is 24.5 Å². The zero-order chi connectivity index (χ0) is 14.9. The zero-order valence-electron chi connectivity index (χ0n) is 11.7. The molecule has 6 heteroatoms. The van der Waals surface area contributed by atoms with E-state index in [1.807, 2.05) is 0 Å². The highest BCUT2D eigenvalue weighted by Gasteiger charge is 2.41. The third-order valence-electron chi connectivity index (χ3n) is 4.15. The topological polar surface area (TPSA) is 78.9 Å². The second-order valence-corrected chi connectivity index (χ2v) is 5.59. The number of anilines is 1. The number of nitrogens with one attached hydrogen (secondary N) is 1. The van der Waals surface area contributed by atoms with Crippen LogP contribution >= 0.6 is 0 Å². The van der Waals surface area contributed by atoms with Crippen LogP contribution in [0.4, 0.5) is 10.5 Å². The molecule has 1 atom stereocenters. The van der Waals surface area contributed by atoms with Gasteiger partial charge in [0.15, 0.2) is 0 Å². The molecule has 1 amide bonds.